The number of rotatable bonds is 2. The number of halogens is 3. The van der Waals surface area contributed by atoms with Crippen LogP contribution in [-0.2, 0) is 0 Å². The van der Waals surface area contributed by atoms with E-state index in [2.05, 4.69) is 45.6 Å². The van der Waals surface area contributed by atoms with E-state index in [0.717, 1.165) is 11.2 Å². The first-order valence-corrected chi connectivity index (χ1v) is 11.0. The molecule has 2 saturated carbocycles. The van der Waals surface area contributed by atoms with E-state index in [1.165, 1.54) is 25.7 Å². The Hall–Kier alpha value is -2.27. The number of hydrogen-bond donors (Lipinski definition) is 4. The fourth-order valence-electron chi connectivity index (χ4n) is 2.21. The Morgan fingerprint density at radius 3 is 1.90 bits per heavy atom. The Labute approximate surface area is 193 Å². The number of fused-ring (bicyclic) bond motifs is 2. The normalized spacial score (nSPS) is 14.6. The van der Waals surface area contributed by atoms with Gasteiger partial charge < -0.3 is 11.1 Å². The second-order valence-electron chi connectivity index (χ2n) is 6.65. The minimum Gasteiger partial charge on any atom is -0.367 e. The molecular weight excluding hydrogens is 463 g/mol. The van der Waals surface area contributed by atoms with Crippen molar-refractivity contribution in [3.63, 3.8) is 0 Å². The molecule has 0 spiro atoms. The zero-order valence-corrected chi connectivity index (χ0v) is 19.3. The highest BCUT2D eigenvalue weighted by Gasteiger charge is 2.23. The van der Waals surface area contributed by atoms with Crippen molar-refractivity contribution in [3.8, 4) is 0 Å². The van der Waals surface area contributed by atoms with Crippen LogP contribution in [0.2, 0.25) is 15.7 Å². The van der Waals surface area contributed by atoms with Crippen molar-refractivity contribution >= 4 is 62.7 Å². The summed E-state index contributed by atoms with van der Waals surface area (Å²) in [4.78, 5) is 15.7. The van der Waals surface area contributed by atoms with Gasteiger partial charge in [0.2, 0.25) is 10.6 Å². The van der Waals surface area contributed by atoms with E-state index in [-0.39, 0.29) is 10.6 Å². The molecule has 0 atom stereocenters. The fourth-order valence-corrected chi connectivity index (χ4v) is 2.81. The van der Waals surface area contributed by atoms with Gasteiger partial charge in [-0.2, -0.15) is 25.1 Å². The van der Waals surface area contributed by atoms with Crippen molar-refractivity contribution in [2.75, 3.05) is 5.32 Å². The van der Waals surface area contributed by atoms with Crippen molar-refractivity contribution in [2.45, 2.75) is 51.6 Å². The SMILES string of the molecule is CC.Clc1nc(Cl)c2cn[nH]c2n1.Clc1nc(NC2CC2)c2cn[nH]c2n1.NC1CC1. The summed E-state index contributed by atoms with van der Waals surface area (Å²) in [6, 6.07) is 1.12. The summed E-state index contributed by atoms with van der Waals surface area (Å²) in [7, 11) is 0. The van der Waals surface area contributed by atoms with Crippen LogP contribution in [0, 0.1) is 0 Å². The van der Waals surface area contributed by atoms with E-state index in [0.29, 0.717) is 33.9 Å². The van der Waals surface area contributed by atoms with Gasteiger partial charge in [-0.1, -0.05) is 25.4 Å². The number of nitrogens with one attached hydrogen (secondary N) is 3. The molecule has 2 aliphatic carbocycles. The van der Waals surface area contributed by atoms with Gasteiger partial charge in [0.1, 0.15) is 11.0 Å². The highest BCUT2D eigenvalue weighted by molar-refractivity contribution is 6.35. The van der Waals surface area contributed by atoms with Crippen LogP contribution in [0.15, 0.2) is 12.4 Å². The lowest BCUT2D eigenvalue weighted by Crippen LogP contribution is -2.04. The molecule has 4 heterocycles. The molecule has 0 saturated heterocycles. The van der Waals surface area contributed by atoms with Gasteiger partial charge >= 0.3 is 0 Å². The molecule has 0 amide bonds. The van der Waals surface area contributed by atoms with Crippen LogP contribution in [0.3, 0.4) is 0 Å². The van der Waals surface area contributed by atoms with Crippen molar-refractivity contribution in [3.05, 3.63) is 28.1 Å². The Morgan fingerprint density at radius 2 is 1.35 bits per heavy atom. The molecule has 4 aromatic rings. The number of aromatic nitrogens is 8. The molecule has 166 valence electrons. The predicted octanol–water partition coefficient (Wildman–Crippen LogP) is 4.37. The van der Waals surface area contributed by atoms with Gasteiger partial charge in [0.05, 0.1) is 23.2 Å². The largest absolute Gasteiger partial charge is 0.367 e. The van der Waals surface area contributed by atoms with E-state index < -0.39 is 0 Å². The van der Waals surface area contributed by atoms with Crippen LogP contribution in [0.4, 0.5) is 5.82 Å². The van der Waals surface area contributed by atoms with Gasteiger partial charge in [0.25, 0.3) is 0 Å². The molecule has 2 fully saturated rings. The summed E-state index contributed by atoms with van der Waals surface area (Å²) in [5, 5.41) is 18.6. The molecule has 6 rings (SSSR count). The summed E-state index contributed by atoms with van der Waals surface area (Å²) in [5.74, 6) is 0.774. The summed E-state index contributed by atoms with van der Waals surface area (Å²) in [6.45, 7) is 4.00. The standard InChI is InChI=1S/C8H8ClN5.C5H2Cl2N4.C3H7N.C2H6/c9-8-12-6(11-4-1-2-4)5-3-10-14-7(5)13-8;6-3-2-1-8-11-4(2)10-5(7)9-3;4-3-1-2-3;1-2/h3-4H,1-2H2,(H2,10,11,12,13,14);1H,(H,8,9,10,11);3H,1-2,4H2;1-2H3. The second-order valence-corrected chi connectivity index (χ2v) is 7.68. The summed E-state index contributed by atoms with van der Waals surface area (Å²) < 4.78 is 0. The number of aromatic amines is 2. The van der Waals surface area contributed by atoms with E-state index >= 15 is 0 Å². The van der Waals surface area contributed by atoms with E-state index in [4.69, 9.17) is 40.5 Å². The summed E-state index contributed by atoms with van der Waals surface area (Å²) in [5.41, 5.74) is 6.45. The van der Waals surface area contributed by atoms with E-state index in [9.17, 15) is 0 Å². The maximum Gasteiger partial charge on any atom is 0.226 e. The monoisotopic (exact) mass is 484 g/mol. The third-order valence-electron chi connectivity index (χ3n) is 4.06. The molecule has 4 aromatic heterocycles. The Kier molecular flexibility index (Phi) is 8.19. The fraction of sp³-hybridized carbons (Fsp3) is 0.444. The Bertz CT molecular complexity index is 1120. The molecule has 0 unspecified atom stereocenters. The number of nitrogens with two attached hydrogens (primary N) is 1. The lowest BCUT2D eigenvalue weighted by atomic mass is 10.4. The lowest BCUT2D eigenvalue weighted by molar-refractivity contribution is 1.07. The smallest absolute Gasteiger partial charge is 0.226 e. The van der Waals surface area contributed by atoms with Gasteiger partial charge in [-0.25, -0.2) is 4.98 Å². The highest BCUT2D eigenvalue weighted by Crippen LogP contribution is 2.27. The molecule has 31 heavy (non-hydrogen) atoms. The molecule has 0 aliphatic heterocycles. The van der Waals surface area contributed by atoms with Gasteiger partial charge in [-0.3, -0.25) is 10.2 Å². The minimum atomic E-state index is 0.117. The van der Waals surface area contributed by atoms with Crippen LogP contribution < -0.4 is 11.1 Å². The maximum atomic E-state index is 5.77. The third kappa shape index (κ3) is 6.86. The Morgan fingerprint density at radius 1 is 0.839 bits per heavy atom. The summed E-state index contributed by atoms with van der Waals surface area (Å²) >= 11 is 17.0. The molecule has 2 aliphatic rings. The first-order chi connectivity index (χ1) is 15.0. The number of hydrogen-bond acceptors (Lipinski definition) is 8. The molecule has 5 N–H and O–H groups in total. The summed E-state index contributed by atoms with van der Waals surface area (Å²) in [6.07, 6.45) is 8.17. The topological polar surface area (TPSA) is 147 Å². The minimum absolute atomic E-state index is 0.117. The van der Waals surface area contributed by atoms with Gasteiger partial charge in [0.15, 0.2) is 11.3 Å². The lowest BCUT2D eigenvalue weighted by Gasteiger charge is -2.03. The van der Waals surface area contributed by atoms with Crippen LogP contribution in [0.1, 0.15) is 39.5 Å². The van der Waals surface area contributed by atoms with Crippen molar-refractivity contribution < 1.29 is 0 Å². The number of H-pyrrole nitrogens is 2. The molecule has 10 nitrogen and oxygen atoms in total. The number of anilines is 1. The van der Waals surface area contributed by atoms with E-state index in [1.807, 2.05) is 13.8 Å². The maximum absolute atomic E-state index is 5.77. The average Bonchev–Trinajstić information content (AvgIpc) is 3.62. The zero-order valence-electron chi connectivity index (χ0n) is 17.0. The van der Waals surface area contributed by atoms with Crippen molar-refractivity contribution in [2.24, 2.45) is 5.73 Å². The van der Waals surface area contributed by atoms with Gasteiger partial charge in [-0.15, -0.1) is 0 Å². The average molecular weight is 486 g/mol. The van der Waals surface area contributed by atoms with Gasteiger partial charge in [-0.05, 0) is 48.9 Å². The van der Waals surface area contributed by atoms with E-state index in [1.54, 1.807) is 12.4 Å². The van der Waals surface area contributed by atoms with Gasteiger partial charge in [0, 0.05) is 12.1 Å². The van der Waals surface area contributed by atoms with Crippen molar-refractivity contribution in [1.82, 2.24) is 40.3 Å². The van der Waals surface area contributed by atoms with Crippen molar-refractivity contribution in [1.29, 1.82) is 0 Å². The predicted molar refractivity (Wildman–Crippen MR) is 124 cm³/mol. The molecule has 0 aromatic carbocycles. The Balaban J connectivity index is 0.000000142. The molecule has 0 radical (unpaired) electrons. The zero-order chi connectivity index (χ0) is 22.4. The third-order valence-corrected chi connectivity index (χ3v) is 4.68. The number of nitrogens with zero attached hydrogens (tertiary/aromatic N) is 6. The van der Waals surface area contributed by atoms with Crippen LogP contribution in [-0.4, -0.2) is 52.4 Å². The van der Waals surface area contributed by atoms with Crippen LogP contribution >= 0.6 is 34.8 Å². The quantitative estimate of drug-likeness (QED) is 0.242. The molecular formula is C18H23Cl3N10. The second kappa shape index (κ2) is 10.9. The first-order valence-electron chi connectivity index (χ1n) is 9.90. The van der Waals surface area contributed by atoms with Crippen LogP contribution in [0.25, 0.3) is 22.1 Å². The first kappa shape index (κ1) is 23.4. The highest BCUT2D eigenvalue weighted by atomic mass is 35.5. The molecule has 13 heteroatoms. The molecule has 0 bridgehead atoms. The van der Waals surface area contributed by atoms with Crippen LogP contribution in [0.5, 0.6) is 0 Å².